The molecule has 4 heteroatoms. The number of aliphatic hydroxyl groups is 1. The summed E-state index contributed by atoms with van der Waals surface area (Å²) in [5.74, 6) is -0.390. The minimum atomic E-state index is -2.02. The Morgan fingerprint density at radius 1 is 0.966 bits per heavy atom. The number of rotatable bonds is 11. The summed E-state index contributed by atoms with van der Waals surface area (Å²) in [6.45, 7) is 19.2. The van der Waals surface area contributed by atoms with E-state index >= 15 is 0 Å². The van der Waals surface area contributed by atoms with Gasteiger partial charge >= 0.3 is 0 Å². The van der Waals surface area contributed by atoms with E-state index in [0.29, 0.717) is 23.0 Å². The summed E-state index contributed by atoms with van der Waals surface area (Å²) in [4.78, 5) is 12.9. The van der Waals surface area contributed by atoms with Gasteiger partial charge in [0.1, 0.15) is 5.78 Å². The molecule has 0 aliphatic heterocycles. The molecule has 3 atom stereocenters. The Bertz CT molecular complexity index is 642. The summed E-state index contributed by atoms with van der Waals surface area (Å²) in [5, 5.41) is 10.7. The van der Waals surface area contributed by atoms with Gasteiger partial charge in [-0.3, -0.25) is 4.79 Å². The van der Waals surface area contributed by atoms with Gasteiger partial charge in [-0.15, -0.1) is 0 Å². The van der Waals surface area contributed by atoms with Crippen LogP contribution in [0.25, 0.3) is 6.08 Å². The van der Waals surface area contributed by atoms with Crippen LogP contribution in [0.2, 0.25) is 16.6 Å². The monoisotopic (exact) mass is 418 g/mol. The van der Waals surface area contributed by atoms with Crippen LogP contribution < -0.4 is 0 Å². The van der Waals surface area contributed by atoms with E-state index in [9.17, 15) is 9.90 Å². The maximum Gasteiger partial charge on any atom is 0.200 e. The summed E-state index contributed by atoms with van der Waals surface area (Å²) >= 11 is 0. The molecule has 0 bridgehead atoms. The fraction of sp³-hybridized carbons (Fsp3) is 0.640. The quantitative estimate of drug-likeness (QED) is 0.410. The van der Waals surface area contributed by atoms with E-state index in [4.69, 9.17) is 4.43 Å². The molecule has 0 aromatic heterocycles. The van der Waals surface area contributed by atoms with Gasteiger partial charge in [0, 0.05) is 18.4 Å². The smallest absolute Gasteiger partial charge is 0.200 e. The molecule has 1 N–H and O–H groups in total. The Morgan fingerprint density at radius 3 is 1.90 bits per heavy atom. The van der Waals surface area contributed by atoms with Crippen molar-refractivity contribution < 1.29 is 14.3 Å². The minimum Gasteiger partial charge on any atom is -0.413 e. The number of carbonyl (C=O) groups is 1. The van der Waals surface area contributed by atoms with Crippen LogP contribution in [0, 0.1) is 5.92 Å². The van der Waals surface area contributed by atoms with Crippen molar-refractivity contribution in [2.75, 3.05) is 0 Å². The largest absolute Gasteiger partial charge is 0.413 e. The summed E-state index contributed by atoms with van der Waals surface area (Å²) in [6, 6.07) is 9.88. The highest BCUT2D eigenvalue weighted by molar-refractivity contribution is 6.77. The van der Waals surface area contributed by atoms with Crippen molar-refractivity contribution in [1.82, 2.24) is 0 Å². The van der Waals surface area contributed by atoms with E-state index in [1.807, 2.05) is 57.2 Å². The molecule has 3 nitrogen and oxygen atoms in total. The summed E-state index contributed by atoms with van der Waals surface area (Å²) in [7, 11) is -2.02. The number of hydrogen-bond donors (Lipinski definition) is 1. The fourth-order valence-corrected chi connectivity index (χ4v) is 10.3. The zero-order valence-corrected chi connectivity index (χ0v) is 20.9. The van der Waals surface area contributed by atoms with E-state index in [2.05, 4.69) is 41.5 Å². The number of carbonyl (C=O) groups excluding carboxylic acids is 1. The third-order valence-corrected chi connectivity index (χ3v) is 12.5. The normalized spacial score (nSPS) is 16.4. The van der Waals surface area contributed by atoms with E-state index in [1.54, 1.807) is 0 Å². The first-order valence-electron chi connectivity index (χ1n) is 11.0. The molecule has 1 aromatic carbocycles. The zero-order valence-electron chi connectivity index (χ0n) is 19.9. The standard InChI is InChI=1S/C25H42O3Si/c1-17(2)29(18(3)4,19(5)6)28-21(8)16-24(26)22(9)25(27)20(7)15-23-13-11-10-12-14-23/h10-15,17-19,21-22,25,27H,16H2,1-9H3/b20-15+/t21-,22-,25-/m0/s1. The van der Waals surface area contributed by atoms with Gasteiger partial charge in [-0.25, -0.2) is 0 Å². The first kappa shape index (κ1) is 25.8. The number of Topliss-reactive ketones (excluding diaryl/α,β-unsaturated/α-hetero) is 1. The SMILES string of the molecule is C/C(=C\c1ccccc1)[C@H](O)[C@@H](C)C(=O)C[C@H](C)O[Si](C(C)C)(C(C)C)C(C)C. The Balaban J connectivity index is 2.84. The van der Waals surface area contributed by atoms with Crippen molar-refractivity contribution >= 4 is 20.2 Å². The molecule has 0 radical (unpaired) electrons. The van der Waals surface area contributed by atoms with Crippen molar-refractivity contribution in [3.8, 4) is 0 Å². The maximum absolute atomic E-state index is 12.9. The Labute approximate surface area is 179 Å². The lowest BCUT2D eigenvalue weighted by Crippen LogP contribution is -2.50. The van der Waals surface area contributed by atoms with Crippen molar-refractivity contribution in [3.63, 3.8) is 0 Å². The highest BCUT2D eigenvalue weighted by Crippen LogP contribution is 2.43. The minimum absolute atomic E-state index is 0.0602. The molecule has 1 rings (SSSR count). The second-order valence-corrected chi connectivity index (χ2v) is 14.9. The van der Waals surface area contributed by atoms with Crippen LogP contribution in [0.3, 0.4) is 0 Å². The number of hydrogen-bond acceptors (Lipinski definition) is 3. The van der Waals surface area contributed by atoms with Gasteiger partial charge < -0.3 is 9.53 Å². The molecular formula is C25H42O3Si. The first-order valence-corrected chi connectivity index (χ1v) is 13.2. The summed E-state index contributed by atoms with van der Waals surface area (Å²) in [5.41, 5.74) is 3.29. The number of aliphatic hydroxyl groups excluding tert-OH is 1. The van der Waals surface area contributed by atoms with Gasteiger partial charge in [0.05, 0.1) is 6.10 Å². The average Bonchev–Trinajstić information content (AvgIpc) is 2.64. The zero-order chi connectivity index (χ0) is 22.4. The maximum atomic E-state index is 12.9. The molecule has 0 heterocycles. The van der Waals surface area contributed by atoms with Crippen LogP contribution in [0.5, 0.6) is 0 Å². The van der Waals surface area contributed by atoms with Gasteiger partial charge in [0.2, 0.25) is 8.32 Å². The van der Waals surface area contributed by atoms with Crippen molar-refractivity contribution in [1.29, 1.82) is 0 Å². The molecule has 164 valence electrons. The first-order chi connectivity index (χ1) is 13.4. The van der Waals surface area contributed by atoms with Crippen LogP contribution in [0.4, 0.5) is 0 Å². The Morgan fingerprint density at radius 2 is 1.45 bits per heavy atom. The molecule has 0 saturated heterocycles. The van der Waals surface area contributed by atoms with Crippen LogP contribution in [-0.2, 0) is 9.22 Å². The van der Waals surface area contributed by atoms with E-state index in [-0.39, 0.29) is 11.9 Å². The molecule has 1 aromatic rings. The van der Waals surface area contributed by atoms with E-state index in [1.165, 1.54) is 0 Å². The number of ketones is 1. The van der Waals surface area contributed by atoms with Crippen molar-refractivity contribution in [3.05, 3.63) is 41.5 Å². The van der Waals surface area contributed by atoms with E-state index < -0.39 is 20.3 Å². The number of benzene rings is 1. The molecule has 0 unspecified atom stereocenters. The Kier molecular flexibility index (Phi) is 10.00. The highest BCUT2D eigenvalue weighted by atomic mass is 28.4. The predicted octanol–water partition coefficient (Wildman–Crippen LogP) is 6.63. The van der Waals surface area contributed by atoms with Gasteiger partial charge in [0.25, 0.3) is 0 Å². The topological polar surface area (TPSA) is 46.5 Å². The average molecular weight is 419 g/mol. The van der Waals surface area contributed by atoms with Crippen LogP contribution in [-0.4, -0.2) is 31.4 Å². The van der Waals surface area contributed by atoms with E-state index in [0.717, 1.165) is 11.1 Å². The second-order valence-electron chi connectivity index (χ2n) is 9.45. The molecule has 0 fully saturated rings. The lowest BCUT2D eigenvalue weighted by Gasteiger charge is -2.44. The molecular weight excluding hydrogens is 376 g/mol. The van der Waals surface area contributed by atoms with Gasteiger partial charge in [-0.1, -0.05) is 84.9 Å². The molecule has 0 saturated carbocycles. The molecule has 0 aliphatic rings. The summed E-state index contributed by atoms with van der Waals surface area (Å²) < 4.78 is 6.70. The lowest BCUT2D eigenvalue weighted by atomic mass is 9.91. The van der Waals surface area contributed by atoms with Crippen LogP contribution in [0.1, 0.15) is 74.3 Å². The fourth-order valence-electron chi connectivity index (χ4n) is 4.74. The predicted molar refractivity (Wildman–Crippen MR) is 126 cm³/mol. The highest BCUT2D eigenvalue weighted by Gasteiger charge is 2.46. The summed E-state index contributed by atoms with van der Waals surface area (Å²) in [6.07, 6.45) is 1.38. The molecule has 0 amide bonds. The lowest BCUT2D eigenvalue weighted by molar-refractivity contribution is -0.126. The van der Waals surface area contributed by atoms with Crippen LogP contribution >= 0.6 is 0 Å². The van der Waals surface area contributed by atoms with Gasteiger partial charge in [0.15, 0.2) is 0 Å². The van der Waals surface area contributed by atoms with Crippen molar-refractivity contribution in [2.45, 2.75) is 97.6 Å². The van der Waals surface area contributed by atoms with Crippen molar-refractivity contribution in [2.24, 2.45) is 5.92 Å². The third-order valence-electron chi connectivity index (χ3n) is 6.24. The van der Waals surface area contributed by atoms with Crippen LogP contribution in [0.15, 0.2) is 35.9 Å². The third kappa shape index (κ3) is 6.63. The Hall–Kier alpha value is -1.23. The molecule has 0 aliphatic carbocycles. The molecule has 29 heavy (non-hydrogen) atoms. The second kappa shape index (κ2) is 11.2. The van der Waals surface area contributed by atoms with Gasteiger partial charge in [-0.2, -0.15) is 0 Å². The molecule has 0 spiro atoms. The van der Waals surface area contributed by atoms with Gasteiger partial charge in [-0.05, 0) is 41.6 Å².